The average Bonchev–Trinajstić information content (AvgIpc) is 3.17. The summed E-state index contributed by atoms with van der Waals surface area (Å²) in [6, 6.07) is 14.2. The van der Waals surface area contributed by atoms with Gasteiger partial charge in [-0.25, -0.2) is 4.79 Å². The molecule has 4 rings (SSSR count). The summed E-state index contributed by atoms with van der Waals surface area (Å²) in [4.78, 5) is 40.7. The van der Waals surface area contributed by atoms with E-state index in [1.54, 1.807) is 7.05 Å². The van der Waals surface area contributed by atoms with E-state index in [1.165, 1.54) is 20.9 Å². The number of ether oxygens (including phenoxy) is 1. The Bertz CT molecular complexity index is 1200. The highest BCUT2D eigenvalue weighted by Crippen LogP contribution is 2.34. The molecule has 1 aliphatic carbocycles. The lowest BCUT2D eigenvalue weighted by Gasteiger charge is -2.36. The number of aryl methyl sites for hydroxylation is 1. The quantitative estimate of drug-likeness (QED) is 0.327. The SMILES string of the molecule is CCC(c1ccc(Cl)cc1)N(Cc1ccc(OCCN2C(=O)CN(C)C2=O)c(C)c1)C[C@H]1CC[C@H](C(=O)O)CC1. The number of hydrogen-bond acceptors (Lipinski definition) is 5. The summed E-state index contributed by atoms with van der Waals surface area (Å²) in [5.74, 6) is 0.0912. The van der Waals surface area contributed by atoms with E-state index >= 15 is 0 Å². The Hall–Kier alpha value is -3.10. The second-order valence-corrected chi connectivity index (χ2v) is 11.5. The van der Waals surface area contributed by atoms with Crippen molar-refractivity contribution >= 4 is 29.5 Å². The van der Waals surface area contributed by atoms with E-state index < -0.39 is 5.97 Å². The third-order valence-electron chi connectivity index (χ3n) is 8.20. The van der Waals surface area contributed by atoms with Gasteiger partial charge in [0.25, 0.3) is 0 Å². The Kier molecular flexibility index (Phi) is 10.1. The van der Waals surface area contributed by atoms with Crippen molar-refractivity contribution < 1.29 is 24.2 Å². The predicted octanol–water partition coefficient (Wildman–Crippen LogP) is 5.77. The van der Waals surface area contributed by atoms with Crippen LogP contribution in [0.3, 0.4) is 0 Å². The van der Waals surface area contributed by atoms with Gasteiger partial charge >= 0.3 is 12.0 Å². The highest BCUT2D eigenvalue weighted by Gasteiger charge is 2.33. The lowest BCUT2D eigenvalue weighted by atomic mass is 9.81. The number of carboxylic acid groups (broad SMARTS) is 1. The number of benzene rings is 2. The third kappa shape index (κ3) is 7.34. The van der Waals surface area contributed by atoms with E-state index in [9.17, 15) is 19.5 Å². The number of imide groups is 1. The second-order valence-electron chi connectivity index (χ2n) is 11.1. The van der Waals surface area contributed by atoms with Crippen LogP contribution in [-0.4, -0.2) is 71.0 Å². The molecule has 0 radical (unpaired) electrons. The van der Waals surface area contributed by atoms with Crippen molar-refractivity contribution in [2.75, 3.05) is 33.3 Å². The van der Waals surface area contributed by atoms with E-state index in [2.05, 4.69) is 36.1 Å². The highest BCUT2D eigenvalue weighted by molar-refractivity contribution is 6.30. The molecule has 40 heavy (non-hydrogen) atoms. The average molecular weight is 570 g/mol. The van der Waals surface area contributed by atoms with E-state index in [0.29, 0.717) is 10.9 Å². The molecule has 1 heterocycles. The number of hydrogen-bond donors (Lipinski definition) is 1. The molecule has 0 spiro atoms. The normalized spacial score (nSPS) is 20.3. The molecule has 1 aliphatic heterocycles. The van der Waals surface area contributed by atoms with Gasteiger partial charge in [-0.05, 0) is 79.8 Å². The van der Waals surface area contributed by atoms with Crippen molar-refractivity contribution in [3.05, 3.63) is 64.2 Å². The van der Waals surface area contributed by atoms with Gasteiger partial charge in [-0.15, -0.1) is 0 Å². The summed E-state index contributed by atoms with van der Waals surface area (Å²) in [6.45, 7) is 6.43. The number of nitrogens with zero attached hydrogens (tertiary/aromatic N) is 3. The van der Waals surface area contributed by atoms with Crippen LogP contribution in [0.25, 0.3) is 0 Å². The van der Waals surface area contributed by atoms with E-state index in [4.69, 9.17) is 16.3 Å². The topological polar surface area (TPSA) is 90.4 Å². The van der Waals surface area contributed by atoms with Crippen LogP contribution >= 0.6 is 11.6 Å². The van der Waals surface area contributed by atoms with Gasteiger partial charge in [0.1, 0.15) is 18.9 Å². The predicted molar refractivity (Wildman–Crippen MR) is 154 cm³/mol. The molecule has 1 saturated carbocycles. The smallest absolute Gasteiger partial charge is 0.327 e. The van der Waals surface area contributed by atoms with Gasteiger partial charge in [-0.2, -0.15) is 0 Å². The Morgan fingerprint density at radius 3 is 2.40 bits per heavy atom. The highest BCUT2D eigenvalue weighted by atomic mass is 35.5. The minimum absolute atomic E-state index is 0.110. The molecule has 0 bridgehead atoms. The third-order valence-corrected chi connectivity index (χ3v) is 8.45. The standard InChI is InChI=1S/C31H40ClN3O5/c1-4-27(24-10-12-26(32)13-11-24)34(18-22-5-8-25(9-6-22)30(37)38)19-23-7-14-28(21(2)17-23)40-16-15-35-29(36)20-33(3)31(35)39/h7,10-14,17,22,25,27H,4-6,8-9,15-16,18-20H2,1-3H3,(H,37,38)/t22-,25-,27?. The zero-order chi connectivity index (χ0) is 28.8. The Balaban J connectivity index is 1.44. The van der Waals surface area contributed by atoms with E-state index in [1.807, 2.05) is 25.1 Å². The Morgan fingerprint density at radius 1 is 1.12 bits per heavy atom. The summed E-state index contributed by atoms with van der Waals surface area (Å²) >= 11 is 6.18. The molecule has 3 amide bonds. The molecular weight excluding hydrogens is 530 g/mol. The molecule has 1 unspecified atom stereocenters. The minimum Gasteiger partial charge on any atom is -0.491 e. The van der Waals surface area contributed by atoms with Crippen LogP contribution in [0.15, 0.2) is 42.5 Å². The van der Waals surface area contributed by atoms with Gasteiger partial charge in [-0.1, -0.05) is 42.8 Å². The van der Waals surface area contributed by atoms with Crippen LogP contribution in [0.4, 0.5) is 4.79 Å². The van der Waals surface area contributed by atoms with E-state index in [0.717, 1.165) is 56.5 Å². The second kappa shape index (κ2) is 13.5. The molecule has 1 N–H and O–H groups in total. The molecular formula is C31H40ClN3O5. The zero-order valence-electron chi connectivity index (χ0n) is 23.6. The van der Waals surface area contributed by atoms with Gasteiger partial charge in [-0.3, -0.25) is 19.4 Å². The molecule has 216 valence electrons. The van der Waals surface area contributed by atoms with Crippen LogP contribution in [-0.2, 0) is 16.1 Å². The first-order valence-corrected chi connectivity index (χ1v) is 14.5. The van der Waals surface area contributed by atoms with Crippen molar-refractivity contribution in [2.45, 2.75) is 58.5 Å². The van der Waals surface area contributed by atoms with Gasteiger partial charge in [0.2, 0.25) is 5.91 Å². The number of carbonyl (C=O) groups excluding carboxylic acids is 2. The van der Waals surface area contributed by atoms with Crippen LogP contribution < -0.4 is 4.74 Å². The largest absolute Gasteiger partial charge is 0.491 e. The van der Waals surface area contributed by atoms with Gasteiger partial charge < -0.3 is 14.7 Å². The monoisotopic (exact) mass is 569 g/mol. The number of carbonyl (C=O) groups is 3. The first-order valence-electron chi connectivity index (χ1n) is 14.2. The van der Waals surface area contributed by atoms with Gasteiger partial charge in [0.15, 0.2) is 0 Å². The number of amides is 3. The fourth-order valence-corrected chi connectivity index (χ4v) is 6.08. The molecule has 2 aliphatic rings. The lowest BCUT2D eigenvalue weighted by Crippen LogP contribution is -2.35. The van der Waals surface area contributed by atoms with Crippen molar-refractivity contribution in [1.29, 1.82) is 0 Å². The summed E-state index contributed by atoms with van der Waals surface area (Å²) in [5.41, 5.74) is 3.39. The molecule has 2 fully saturated rings. The number of likely N-dealkylation sites (N-methyl/N-ethyl adjacent to an activating group) is 1. The summed E-state index contributed by atoms with van der Waals surface area (Å²) in [5, 5.41) is 10.1. The number of carboxylic acids is 1. The van der Waals surface area contributed by atoms with E-state index in [-0.39, 0.29) is 43.6 Å². The maximum absolute atomic E-state index is 12.1. The number of halogens is 1. The van der Waals surface area contributed by atoms with Crippen molar-refractivity contribution in [2.24, 2.45) is 11.8 Å². The number of urea groups is 1. The number of aliphatic carboxylic acids is 1. The van der Waals surface area contributed by atoms with Gasteiger partial charge in [0, 0.05) is 31.2 Å². The van der Waals surface area contributed by atoms with Crippen LogP contribution in [0, 0.1) is 18.8 Å². The fraction of sp³-hybridized carbons (Fsp3) is 0.516. The summed E-state index contributed by atoms with van der Waals surface area (Å²) in [6.07, 6.45) is 4.26. The van der Waals surface area contributed by atoms with Crippen molar-refractivity contribution in [1.82, 2.24) is 14.7 Å². The molecule has 1 saturated heterocycles. The molecule has 0 aromatic heterocycles. The molecule has 2 aromatic carbocycles. The maximum Gasteiger partial charge on any atom is 0.327 e. The molecule has 1 atom stereocenters. The fourth-order valence-electron chi connectivity index (χ4n) is 5.96. The van der Waals surface area contributed by atoms with Crippen LogP contribution in [0.5, 0.6) is 5.75 Å². The van der Waals surface area contributed by atoms with Crippen LogP contribution in [0.2, 0.25) is 5.02 Å². The van der Waals surface area contributed by atoms with Crippen molar-refractivity contribution in [3.63, 3.8) is 0 Å². The first kappa shape index (κ1) is 29.9. The summed E-state index contributed by atoms with van der Waals surface area (Å²) in [7, 11) is 1.62. The van der Waals surface area contributed by atoms with Crippen molar-refractivity contribution in [3.8, 4) is 5.75 Å². The zero-order valence-corrected chi connectivity index (χ0v) is 24.4. The number of rotatable bonds is 12. The minimum atomic E-state index is -0.674. The maximum atomic E-state index is 12.1. The van der Waals surface area contributed by atoms with Gasteiger partial charge in [0.05, 0.1) is 12.5 Å². The first-order chi connectivity index (χ1) is 19.2. The molecule has 2 aromatic rings. The van der Waals surface area contributed by atoms with Crippen LogP contribution in [0.1, 0.15) is 61.8 Å². The molecule has 8 nitrogen and oxygen atoms in total. The Labute approximate surface area is 241 Å². The Morgan fingerprint density at radius 2 is 1.82 bits per heavy atom. The lowest BCUT2D eigenvalue weighted by molar-refractivity contribution is -0.143. The summed E-state index contributed by atoms with van der Waals surface area (Å²) < 4.78 is 5.95. The molecule has 9 heteroatoms.